The molecule has 1 heteroatoms. The molecule has 1 aliphatic carbocycles. The van der Waals surface area contributed by atoms with Crippen LogP contribution in [0.15, 0.2) is 47.2 Å². The van der Waals surface area contributed by atoms with E-state index < -0.39 is 0 Å². The van der Waals surface area contributed by atoms with Gasteiger partial charge in [0.25, 0.3) is 0 Å². The van der Waals surface area contributed by atoms with E-state index in [1.165, 1.54) is 0 Å². The minimum atomic E-state index is 0.938. The van der Waals surface area contributed by atoms with Gasteiger partial charge in [0.05, 0.1) is 5.70 Å². The molecular weight excluding hydrogens is 146 g/mol. The zero-order valence-electron chi connectivity index (χ0n) is 7.52. The van der Waals surface area contributed by atoms with Crippen LogP contribution in [0.4, 0.5) is 0 Å². The van der Waals surface area contributed by atoms with Crippen LogP contribution in [0.5, 0.6) is 0 Å². The first-order valence-corrected chi connectivity index (χ1v) is 4.09. The third kappa shape index (κ3) is 2.67. The molecule has 0 saturated carbocycles. The van der Waals surface area contributed by atoms with Crippen LogP contribution in [0.3, 0.4) is 0 Å². The number of nitrogens with one attached hydrogen (secondary N) is 1. The third-order valence-corrected chi connectivity index (χ3v) is 1.61. The van der Waals surface area contributed by atoms with Gasteiger partial charge in [-0.2, -0.15) is 0 Å². The zero-order chi connectivity index (χ0) is 8.81. The fraction of sp³-hybridized carbons (Fsp3) is 0.273. The predicted octanol–water partition coefficient (Wildman–Crippen LogP) is 2.65. The van der Waals surface area contributed by atoms with E-state index in [4.69, 9.17) is 0 Å². The zero-order valence-corrected chi connectivity index (χ0v) is 7.52. The lowest BCUT2D eigenvalue weighted by molar-refractivity contribution is 1.00. The van der Waals surface area contributed by atoms with Crippen molar-refractivity contribution in [3.05, 3.63) is 47.2 Å². The summed E-state index contributed by atoms with van der Waals surface area (Å²) >= 11 is 0. The molecule has 1 nitrogen and oxygen atoms in total. The standard InChI is InChI=1S/C11H13N/c1-3-10(2)12-11-8-6-4-5-7-9-11/h3-4,7,9,12H,5H2,1-2H3/b10-3-. The smallest absolute Gasteiger partial charge is 0.0895 e. The van der Waals surface area contributed by atoms with E-state index in [2.05, 4.69) is 22.9 Å². The van der Waals surface area contributed by atoms with Gasteiger partial charge in [-0.05, 0) is 38.2 Å². The molecule has 0 heterocycles. The molecule has 0 unspecified atom stereocenters. The first-order chi connectivity index (χ1) is 5.83. The van der Waals surface area contributed by atoms with Crippen LogP contribution >= 0.6 is 0 Å². The molecule has 0 spiro atoms. The maximum atomic E-state index is 3.21. The molecule has 0 aromatic heterocycles. The van der Waals surface area contributed by atoms with Gasteiger partial charge in [0.2, 0.25) is 0 Å². The summed E-state index contributed by atoms with van der Waals surface area (Å²) in [5, 5.41) is 3.21. The molecule has 0 aromatic carbocycles. The molecule has 0 radical (unpaired) electrons. The van der Waals surface area contributed by atoms with Crippen molar-refractivity contribution in [2.24, 2.45) is 0 Å². The van der Waals surface area contributed by atoms with E-state index in [0.29, 0.717) is 0 Å². The first-order valence-electron chi connectivity index (χ1n) is 4.09. The lowest BCUT2D eigenvalue weighted by Gasteiger charge is -2.02. The third-order valence-electron chi connectivity index (χ3n) is 1.61. The highest BCUT2D eigenvalue weighted by Gasteiger charge is 1.90. The largest absolute Gasteiger partial charge is 0.353 e. The predicted molar refractivity (Wildman–Crippen MR) is 51.4 cm³/mol. The number of rotatable bonds is 2. The van der Waals surface area contributed by atoms with Gasteiger partial charge in [-0.3, -0.25) is 0 Å². The number of hydrogen-bond acceptors (Lipinski definition) is 1. The van der Waals surface area contributed by atoms with Crippen molar-refractivity contribution in [3.63, 3.8) is 0 Å². The Kier molecular flexibility index (Phi) is 3.22. The van der Waals surface area contributed by atoms with Crippen molar-refractivity contribution in [2.75, 3.05) is 0 Å². The molecule has 12 heavy (non-hydrogen) atoms. The topological polar surface area (TPSA) is 12.0 Å². The average molecular weight is 159 g/mol. The Morgan fingerprint density at radius 3 is 3.25 bits per heavy atom. The molecule has 0 fully saturated rings. The van der Waals surface area contributed by atoms with Gasteiger partial charge in [-0.1, -0.05) is 17.9 Å². The molecule has 0 amide bonds. The molecule has 1 rings (SSSR count). The Labute approximate surface area is 73.5 Å². The molecule has 0 atom stereocenters. The van der Waals surface area contributed by atoms with Crippen LogP contribution in [-0.4, -0.2) is 0 Å². The SMILES string of the molecule is C/C=C(/C)NC1=C=C=CCC=C1. The van der Waals surface area contributed by atoms with E-state index in [0.717, 1.165) is 17.8 Å². The van der Waals surface area contributed by atoms with Gasteiger partial charge in [0.15, 0.2) is 0 Å². The summed E-state index contributed by atoms with van der Waals surface area (Å²) < 4.78 is 0. The molecule has 1 aliphatic rings. The second-order valence-corrected chi connectivity index (χ2v) is 2.62. The van der Waals surface area contributed by atoms with Crippen molar-refractivity contribution < 1.29 is 0 Å². The molecule has 0 aromatic rings. The quantitative estimate of drug-likeness (QED) is 0.611. The van der Waals surface area contributed by atoms with Crippen molar-refractivity contribution in [1.82, 2.24) is 5.32 Å². The van der Waals surface area contributed by atoms with Crippen molar-refractivity contribution in [2.45, 2.75) is 20.3 Å². The van der Waals surface area contributed by atoms with Crippen molar-refractivity contribution >= 4 is 0 Å². The average Bonchev–Trinajstić information content (AvgIpc) is 2.33. The molecule has 0 saturated heterocycles. The summed E-state index contributed by atoms with van der Waals surface area (Å²) in [6, 6.07) is 0. The summed E-state index contributed by atoms with van der Waals surface area (Å²) in [6.07, 6.45) is 9.02. The summed E-state index contributed by atoms with van der Waals surface area (Å²) in [6.45, 7) is 4.03. The van der Waals surface area contributed by atoms with Gasteiger partial charge in [0, 0.05) is 5.70 Å². The first kappa shape index (κ1) is 8.67. The summed E-state index contributed by atoms with van der Waals surface area (Å²) in [7, 11) is 0. The van der Waals surface area contributed by atoms with Crippen LogP contribution in [0, 0.1) is 0 Å². The van der Waals surface area contributed by atoms with E-state index in [1.54, 1.807) is 0 Å². The minimum absolute atomic E-state index is 0.938. The van der Waals surface area contributed by atoms with Gasteiger partial charge in [-0.15, -0.1) is 0 Å². The molecular formula is C11H13N. The molecule has 0 bridgehead atoms. The minimum Gasteiger partial charge on any atom is -0.353 e. The Balaban J connectivity index is 2.76. The summed E-state index contributed by atoms with van der Waals surface area (Å²) in [5.41, 5.74) is 8.08. The van der Waals surface area contributed by atoms with E-state index >= 15 is 0 Å². The second-order valence-electron chi connectivity index (χ2n) is 2.62. The Morgan fingerprint density at radius 1 is 1.67 bits per heavy atom. The van der Waals surface area contributed by atoms with E-state index in [1.807, 2.05) is 32.1 Å². The molecule has 62 valence electrons. The fourth-order valence-corrected chi connectivity index (χ4v) is 0.841. The fourth-order valence-electron chi connectivity index (χ4n) is 0.841. The second kappa shape index (κ2) is 4.46. The Hall–Kier alpha value is -1.42. The lowest BCUT2D eigenvalue weighted by atomic mass is 10.3. The van der Waals surface area contributed by atoms with Crippen LogP contribution in [0.2, 0.25) is 0 Å². The summed E-state index contributed by atoms with van der Waals surface area (Å²) in [5.74, 6) is 0. The number of allylic oxidation sites excluding steroid dienone is 5. The van der Waals surface area contributed by atoms with Gasteiger partial charge < -0.3 is 5.32 Å². The highest BCUT2D eigenvalue weighted by atomic mass is 14.9. The van der Waals surface area contributed by atoms with E-state index in [-0.39, 0.29) is 0 Å². The van der Waals surface area contributed by atoms with Crippen LogP contribution in [0.1, 0.15) is 20.3 Å². The Bertz CT molecular complexity index is 306. The Morgan fingerprint density at radius 2 is 2.50 bits per heavy atom. The highest BCUT2D eigenvalue weighted by Crippen LogP contribution is 1.99. The van der Waals surface area contributed by atoms with Crippen LogP contribution in [-0.2, 0) is 0 Å². The lowest BCUT2D eigenvalue weighted by Crippen LogP contribution is -2.07. The van der Waals surface area contributed by atoms with E-state index in [9.17, 15) is 0 Å². The highest BCUT2D eigenvalue weighted by molar-refractivity contribution is 5.22. The van der Waals surface area contributed by atoms with Gasteiger partial charge >= 0.3 is 0 Å². The normalized spacial score (nSPS) is 15.8. The monoisotopic (exact) mass is 159 g/mol. The van der Waals surface area contributed by atoms with Crippen LogP contribution in [0.25, 0.3) is 0 Å². The van der Waals surface area contributed by atoms with Gasteiger partial charge in [0.1, 0.15) is 0 Å². The van der Waals surface area contributed by atoms with Crippen molar-refractivity contribution in [1.29, 1.82) is 0 Å². The number of hydrogen-bond donors (Lipinski definition) is 1. The van der Waals surface area contributed by atoms with Crippen LogP contribution < -0.4 is 5.32 Å². The maximum Gasteiger partial charge on any atom is 0.0895 e. The summed E-state index contributed by atoms with van der Waals surface area (Å²) in [4.78, 5) is 0. The van der Waals surface area contributed by atoms with Crippen molar-refractivity contribution in [3.8, 4) is 0 Å². The van der Waals surface area contributed by atoms with Gasteiger partial charge in [-0.25, -0.2) is 0 Å². The maximum absolute atomic E-state index is 3.21. The molecule has 0 aliphatic heterocycles. The molecule has 1 N–H and O–H groups in total.